The molecule has 2 rings (SSSR count). The molecule has 2 heterocycles. The van der Waals surface area contributed by atoms with E-state index in [-0.39, 0.29) is 19.3 Å². The summed E-state index contributed by atoms with van der Waals surface area (Å²) in [4.78, 5) is 25.3. The van der Waals surface area contributed by atoms with Crippen LogP contribution in [0.5, 0.6) is 0 Å². The lowest BCUT2D eigenvalue weighted by Crippen LogP contribution is -2.46. The number of nitrogens with zero attached hydrogens (tertiary/aromatic N) is 1. The van der Waals surface area contributed by atoms with Gasteiger partial charge in [0.2, 0.25) is 0 Å². The molecule has 9 heteroatoms. The number of ether oxygens (including phenoxy) is 2. The molecule has 3 N–H and O–H groups in total. The number of hydrogen-bond donors (Lipinski definition) is 2. The first-order valence-corrected chi connectivity index (χ1v) is 4.68. The van der Waals surface area contributed by atoms with Crippen LogP contribution >= 0.6 is 0 Å². The van der Waals surface area contributed by atoms with Gasteiger partial charge < -0.3 is 25.4 Å². The Morgan fingerprint density at radius 3 is 2.75 bits per heavy atom. The van der Waals surface area contributed by atoms with Crippen LogP contribution in [0.3, 0.4) is 0 Å². The minimum absolute atomic E-state index is 0.0628. The summed E-state index contributed by atoms with van der Waals surface area (Å²) in [5, 5.41) is 11.8. The van der Waals surface area contributed by atoms with Gasteiger partial charge in [-0.3, -0.25) is 0 Å². The summed E-state index contributed by atoms with van der Waals surface area (Å²) in [5.74, 6) is 0. The van der Waals surface area contributed by atoms with Gasteiger partial charge >= 0.3 is 6.03 Å². The number of nitrogens with one attached hydrogen (secondary N) is 1. The molecular weight excluding hydrogens is 222 g/mol. The van der Waals surface area contributed by atoms with E-state index in [4.69, 9.17) is 15.2 Å². The zero-order valence-electron chi connectivity index (χ0n) is 8.20. The fourth-order valence-corrected chi connectivity index (χ4v) is 1.97. The van der Waals surface area contributed by atoms with Gasteiger partial charge in [-0.05, 0) is 0 Å². The van der Waals surface area contributed by atoms with Crippen LogP contribution in [0.1, 0.15) is 0 Å². The van der Waals surface area contributed by atoms with Gasteiger partial charge in [0.25, 0.3) is 5.09 Å². The van der Waals surface area contributed by atoms with Crippen LogP contribution < -0.4 is 11.1 Å². The number of amides is 2. The Morgan fingerprint density at radius 2 is 2.12 bits per heavy atom. The predicted molar refractivity (Wildman–Crippen MR) is 47.9 cm³/mol. The molecule has 2 aliphatic heterocycles. The topological polar surface area (TPSA) is 126 Å². The minimum atomic E-state index is -0.880. The van der Waals surface area contributed by atoms with Crippen LogP contribution in [0.25, 0.3) is 0 Å². The lowest BCUT2D eigenvalue weighted by molar-refractivity contribution is -0.769. The third-order valence-electron chi connectivity index (χ3n) is 2.56. The zero-order valence-corrected chi connectivity index (χ0v) is 8.20. The number of hydrogen-bond acceptors (Lipinski definition) is 6. The summed E-state index contributed by atoms with van der Waals surface area (Å²) < 4.78 is 10.6. The highest BCUT2D eigenvalue weighted by atomic mass is 17.0. The second-order valence-corrected chi connectivity index (χ2v) is 3.58. The summed E-state index contributed by atoms with van der Waals surface area (Å²) in [6, 6.07) is -1.07. The van der Waals surface area contributed by atoms with Gasteiger partial charge in [0.15, 0.2) is 6.10 Å². The summed E-state index contributed by atoms with van der Waals surface area (Å²) in [5.41, 5.74) is 4.97. The Labute approximate surface area is 89.9 Å². The number of nitrogens with two attached hydrogens (primary N) is 1. The number of carbonyl (C=O) groups excluding carboxylic acids is 1. The van der Waals surface area contributed by atoms with Crippen molar-refractivity contribution in [3.63, 3.8) is 0 Å². The highest BCUT2D eigenvalue weighted by Gasteiger charge is 2.49. The molecule has 0 unspecified atom stereocenters. The molecule has 4 atom stereocenters. The third kappa shape index (κ3) is 1.99. The van der Waals surface area contributed by atoms with Crippen LogP contribution in [-0.2, 0) is 14.3 Å². The molecule has 9 nitrogen and oxygen atoms in total. The number of rotatable bonds is 3. The Hall–Kier alpha value is -1.61. The van der Waals surface area contributed by atoms with Crippen molar-refractivity contribution < 1.29 is 24.2 Å². The van der Waals surface area contributed by atoms with Crippen molar-refractivity contribution in [2.75, 3.05) is 13.2 Å². The van der Waals surface area contributed by atoms with Crippen LogP contribution in [0.2, 0.25) is 0 Å². The van der Waals surface area contributed by atoms with Gasteiger partial charge in [0.1, 0.15) is 12.2 Å². The van der Waals surface area contributed by atoms with Gasteiger partial charge in [0, 0.05) is 0 Å². The summed E-state index contributed by atoms with van der Waals surface area (Å²) >= 11 is 0. The molecule has 2 amide bonds. The molecule has 0 radical (unpaired) electrons. The van der Waals surface area contributed by atoms with Crippen LogP contribution in [0, 0.1) is 10.1 Å². The van der Waals surface area contributed by atoms with Crippen molar-refractivity contribution in [1.29, 1.82) is 0 Å². The van der Waals surface area contributed by atoms with Crippen molar-refractivity contribution >= 4 is 6.03 Å². The molecule has 90 valence electrons. The van der Waals surface area contributed by atoms with Crippen LogP contribution in [0.4, 0.5) is 4.79 Å². The second kappa shape index (κ2) is 4.10. The standard InChI is InChI=1S/C7H11N3O6/c8-7(11)9-3-1-14-6-4(16-10(12)13)2-15-5(3)6/h3-6H,1-2H2,(H3,8,9,11)/t3-,4+,5+,6+/m0/s1. The molecule has 0 spiro atoms. The summed E-state index contributed by atoms with van der Waals surface area (Å²) in [6.07, 6.45) is -1.74. The van der Waals surface area contributed by atoms with E-state index in [0.29, 0.717) is 0 Å². The monoisotopic (exact) mass is 233 g/mol. The fourth-order valence-electron chi connectivity index (χ4n) is 1.97. The maximum absolute atomic E-state index is 10.7. The van der Waals surface area contributed by atoms with E-state index in [2.05, 4.69) is 10.2 Å². The van der Waals surface area contributed by atoms with E-state index >= 15 is 0 Å². The molecule has 0 aromatic carbocycles. The smallest absolute Gasteiger partial charge is 0.312 e. The Kier molecular flexibility index (Phi) is 2.79. The number of fused-ring (bicyclic) bond motifs is 1. The quantitative estimate of drug-likeness (QED) is 0.446. The number of urea groups is 1. The molecule has 0 aliphatic carbocycles. The molecule has 2 aliphatic rings. The number of primary amides is 1. The van der Waals surface area contributed by atoms with E-state index in [0.717, 1.165) is 0 Å². The van der Waals surface area contributed by atoms with Crippen molar-refractivity contribution in [1.82, 2.24) is 5.32 Å². The average Bonchev–Trinajstić information content (AvgIpc) is 2.70. The average molecular weight is 233 g/mol. The minimum Gasteiger partial charge on any atom is -0.371 e. The van der Waals surface area contributed by atoms with Gasteiger partial charge in [-0.2, -0.15) is 0 Å². The maximum Gasteiger partial charge on any atom is 0.312 e. The number of carbonyl (C=O) groups is 1. The SMILES string of the molecule is NC(=O)N[C@H]1CO[C@H]2[C@@H]1OC[C@H]2O[N+](=O)[O-]. The third-order valence-corrected chi connectivity index (χ3v) is 2.56. The Bertz CT molecular complexity index is 280. The first-order valence-electron chi connectivity index (χ1n) is 4.68. The summed E-state index contributed by atoms with van der Waals surface area (Å²) in [6.45, 7) is 0.267. The second-order valence-electron chi connectivity index (χ2n) is 3.58. The molecule has 0 aromatic rings. The Morgan fingerprint density at radius 1 is 1.44 bits per heavy atom. The summed E-state index contributed by atoms with van der Waals surface area (Å²) in [7, 11) is 0. The molecule has 2 saturated heterocycles. The van der Waals surface area contributed by atoms with E-state index in [1.54, 1.807) is 0 Å². The molecule has 0 aromatic heterocycles. The highest BCUT2D eigenvalue weighted by molar-refractivity contribution is 5.72. The Balaban J connectivity index is 1.95. The lowest BCUT2D eigenvalue weighted by Gasteiger charge is -2.15. The first-order chi connectivity index (χ1) is 7.58. The van der Waals surface area contributed by atoms with Crippen molar-refractivity contribution in [2.45, 2.75) is 24.4 Å². The van der Waals surface area contributed by atoms with Crippen molar-refractivity contribution in [3.05, 3.63) is 10.1 Å². The van der Waals surface area contributed by atoms with Crippen LogP contribution in [-0.4, -0.2) is 48.7 Å². The molecule has 0 saturated carbocycles. The molecule has 2 fully saturated rings. The van der Waals surface area contributed by atoms with Crippen molar-refractivity contribution in [3.8, 4) is 0 Å². The lowest BCUT2D eigenvalue weighted by atomic mass is 10.1. The molecule has 16 heavy (non-hydrogen) atoms. The highest BCUT2D eigenvalue weighted by Crippen LogP contribution is 2.28. The first kappa shape index (κ1) is 10.9. The normalized spacial score (nSPS) is 36.8. The largest absolute Gasteiger partial charge is 0.371 e. The van der Waals surface area contributed by atoms with E-state index in [9.17, 15) is 14.9 Å². The van der Waals surface area contributed by atoms with Gasteiger partial charge in [-0.15, -0.1) is 10.1 Å². The zero-order chi connectivity index (χ0) is 11.7. The van der Waals surface area contributed by atoms with E-state index < -0.39 is 29.4 Å². The van der Waals surface area contributed by atoms with Crippen LogP contribution in [0.15, 0.2) is 0 Å². The van der Waals surface area contributed by atoms with Gasteiger partial charge in [-0.25, -0.2) is 4.79 Å². The van der Waals surface area contributed by atoms with E-state index in [1.807, 2.05) is 0 Å². The van der Waals surface area contributed by atoms with Crippen molar-refractivity contribution in [2.24, 2.45) is 5.73 Å². The fraction of sp³-hybridized carbons (Fsp3) is 0.857. The maximum atomic E-state index is 10.7. The molecule has 0 bridgehead atoms. The van der Waals surface area contributed by atoms with E-state index in [1.165, 1.54) is 0 Å². The predicted octanol–water partition coefficient (Wildman–Crippen LogP) is -1.60. The van der Waals surface area contributed by atoms with Gasteiger partial charge in [0.05, 0.1) is 19.3 Å². The van der Waals surface area contributed by atoms with Gasteiger partial charge in [-0.1, -0.05) is 0 Å². The molecular formula is C7H11N3O6.